The molecule has 1 amide bonds. The lowest BCUT2D eigenvalue weighted by atomic mass is 9.70. The third-order valence-electron chi connectivity index (χ3n) is 8.00. The normalized spacial score (nSPS) is 18.1. The van der Waals surface area contributed by atoms with E-state index in [0.717, 1.165) is 12.1 Å². The molecule has 1 aliphatic carbocycles. The molecule has 1 heterocycles. The summed E-state index contributed by atoms with van der Waals surface area (Å²) >= 11 is 0. The first kappa shape index (κ1) is 27.3. The molecule has 1 spiro atoms. The van der Waals surface area contributed by atoms with Gasteiger partial charge in [-0.3, -0.25) is 14.4 Å². The van der Waals surface area contributed by atoms with Gasteiger partial charge < -0.3 is 10.0 Å². The van der Waals surface area contributed by atoms with Gasteiger partial charge in [-0.15, -0.1) is 0 Å². The summed E-state index contributed by atoms with van der Waals surface area (Å²) in [7, 11) is 0. The summed E-state index contributed by atoms with van der Waals surface area (Å²) in [6, 6.07) is 14.1. The molecule has 0 radical (unpaired) electrons. The first-order valence-electron chi connectivity index (χ1n) is 12.8. The van der Waals surface area contributed by atoms with Crippen LogP contribution in [0.5, 0.6) is 0 Å². The van der Waals surface area contributed by atoms with E-state index in [1.807, 2.05) is 0 Å². The molecule has 3 aromatic rings. The van der Waals surface area contributed by atoms with Crippen LogP contribution >= 0.6 is 0 Å². The fraction of sp³-hybridized carbons (Fsp3) is 0.258. The van der Waals surface area contributed by atoms with Gasteiger partial charge in [-0.25, -0.2) is 4.39 Å². The number of aliphatic carboxylic acids is 1. The average Bonchev–Trinajstić information content (AvgIpc) is 3.39. The van der Waals surface area contributed by atoms with E-state index >= 15 is 0 Å². The molecule has 0 aromatic heterocycles. The number of benzene rings is 3. The maximum Gasteiger partial charge on any atom is 0.419 e. The van der Waals surface area contributed by atoms with Crippen molar-refractivity contribution in [1.82, 2.24) is 4.90 Å². The Kier molecular flexibility index (Phi) is 6.85. The van der Waals surface area contributed by atoms with Crippen molar-refractivity contribution in [2.24, 2.45) is 0 Å². The first-order chi connectivity index (χ1) is 19.0. The van der Waals surface area contributed by atoms with Gasteiger partial charge in [-0.1, -0.05) is 55.8 Å². The number of fused-ring (bicyclic) bond motifs is 1. The first-order valence-corrected chi connectivity index (χ1v) is 12.8. The van der Waals surface area contributed by atoms with E-state index in [-0.39, 0.29) is 23.5 Å². The van der Waals surface area contributed by atoms with Crippen LogP contribution in [0.25, 0.3) is 11.1 Å². The van der Waals surface area contributed by atoms with E-state index in [2.05, 4.69) is 6.58 Å². The van der Waals surface area contributed by atoms with Gasteiger partial charge in [0.05, 0.1) is 11.1 Å². The molecule has 0 saturated heterocycles. The monoisotopic (exact) mass is 551 g/mol. The SMILES string of the molecule is C=CC(=O)c1ccccc1-c1ccc2c(c1)[C@H](C(=O)O)C1(CCCC1)N(Cc1ccc(C(F)(F)F)c(F)c1)C2=O. The number of carbonyl (C=O) groups excluding carboxylic acids is 2. The van der Waals surface area contributed by atoms with Crippen LogP contribution in [0.15, 0.2) is 73.3 Å². The van der Waals surface area contributed by atoms with Crippen molar-refractivity contribution in [3.8, 4) is 11.1 Å². The largest absolute Gasteiger partial charge is 0.481 e. The van der Waals surface area contributed by atoms with Gasteiger partial charge in [-0.2, -0.15) is 13.2 Å². The van der Waals surface area contributed by atoms with Gasteiger partial charge >= 0.3 is 12.1 Å². The highest BCUT2D eigenvalue weighted by Crippen LogP contribution is 2.51. The number of ketones is 1. The molecule has 0 unspecified atom stereocenters. The maximum absolute atomic E-state index is 14.4. The fourth-order valence-corrected chi connectivity index (χ4v) is 6.22. The number of carbonyl (C=O) groups is 3. The minimum Gasteiger partial charge on any atom is -0.481 e. The summed E-state index contributed by atoms with van der Waals surface area (Å²) in [5, 5.41) is 10.5. The number of carboxylic acids is 1. The molecule has 0 bridgehead atoms. The van der Waals surface area contributed by atoms with Gasteiger partial charge in [0.1, 0.15) is 11.7 Å². The highest BCUT2D eigenvalue weighted by Gasteiger charge is 2.56. The molecule has 1 fully saturated rings. The average molecular weight is 552 g/mol. The van der Waals surface area contributed by atoms with Crippen molar-refractivity contribution in [3.05, 3.63) is 107 Å². The van der Waals surface area contributed by atoms with Gasteiger partial charge in [0.15, 0.2) is 5.78 Å². The molecule has 206 valence electrons. The van der Waals surface area contributed by atoms with E-state index < -0.39 is 40.9 Å². The molecule has 1 saturated carbocycles. The van der Waals surface area contributed by atoms with Gasteiger partial charge in [-0.05, 0) is 65.4 Å². The van der Waals surface area contributed by atoms with Gasteiger partial charge in [0.2, 0.25) is 0 Å². The molecular weight excluding hydrogens is 526 g/mol. The van der Waals surface area contributed by atoms with Gasteiger partial charge in [0, 0.05) is 17.7 Å². The Bertz CT molecular complexity index is 1540. The highest BCUT2D eigenvalue weighted by atomic mass is 19.4. The highest BCUT2D eigenvalue weighted by molar-refractivity contribution is 6.09. The molecule has 1 N–H and O–H groups in total. The Morgan fingerprint density at radius 2 is 1.73 bits per heavy atom. The second-order valence-corrected chi connectivity index (χ2v) is 10.2. The van der Waals surface area contributed by atoms with Crippen LogP contribution in [-0.4, -0.2) is 33.2 Å². The van der Waals surface area contributed by atoms with Crippen molar-refractivity contribution < 1.29 is 37.1 Å². The molecular formula is C31H25F4NO4. The lowest BCUT2D eigenvalue weighted by Gasteiger charge is -2.49. The molecule has 5 nitrogen and oxygen atoms in total. The predicted octanol–water partition coefficient (Wildman–Crippen LogP) is 7.02. The molecule has 5 rings (SSSR count). The Morgan fingerprint density at radius 1 is 1.02 bits per heavy atom. The summed E-state index contributed by atoms with van der Waals surface area (Å²) in [5.74, 6) is -4.52. The lowest BCUT2D eigenvalue weighted by Crippen LogP contribution is -2.58. The Morgan fingerprint density at radius 3 is 2.35 bits per heavy atom. The molecule has 2 aliphatic rings. The predicted molar refractivity (Wildman–Crippen MR) is 139 cm³/mol. The Labute approximate surface area is 227 Å². The third-order valence-corrected chi connectivity index (χ3v) is 8.00. The lowest BCUT2D eigenvalue weighted by molar-refractivity contribution is -0.143. The van der Waals surface area contributed by atoms with Crippen LogP contribution in [0, 0.1) is 5.82 Å². The number of nitrogens with zero attached hydrogens (tertiary/aromatic N) is 1. The number of hydrogen-bond acceptors (Lipinski definition) is 3. The third kappa shape index (κ3) is 4.49. The summed E-state index contributed by atoms with van der Waals surface area (Å²) in [6.07, 6.45) is -1.63. The minimum atomic E-state index is -4.86. The van der Waals surface area contributed by atoms with Crippen LogP contribution in [0.4, 0.5) is 17.6 Å². The summed E-state index contributed by atoms with van der Waals surface area (Å²) < 4.78 is 53.7. The Balaban J connectivity index is 1.63. The topological polar surface area (TPSA) is 74.7 Å². The number of halogens is 4. The number of carboxylic acid groups (broad SMARTS) is 1. The van der Waals surface area contributed by atoms with Crippen LogP contribution in [-0.2, 0) is 17.5 Å². The molecule has 1 atom stereocenters. The number of alkyl halides is 3. The van der Waals surface area contributed by atoms with Crippen molar-refractivity contribution in [1.29, 1.82) is 0 Å². The Hall–Kier alpha value is -4.27. The second kappa shape index (κ2) is 10.0. The summed E-state index contributed by atoms with van der Waals surface area (Å²) in [6.45, 7) is 3.30. The zero-order valence-electron chi connectivity index (χ0n) is 21.3. The van der Waals surface area contributed by atoms with E-state index in [1.54, 1.807) is 36.4 Å². The maximum atomic E-state index is 14.4. The smallest absolute Gasteiger partial charge is 0.419 e. The quantitative estimate of drug-likeness (QED) is 0.203. The number of allylic oxidation sites excluding steroid dienone is 1. The molecule has 9 heteroatoms. The van der Waals surface area contributed by atoms with E-state index in [1.165, 1.54) is 17.0 Å². The van der Waals surface area contributed by atoms with E-state index in [0.29, 0.717) is 54.0 Å². The van der Waals surface area contributed by atoms with E-state index in [4.69, 9.17) is 0 Å². The fourth-order valence-electron chi connectivity index (χ4n) is 6.22. The van der Waals surface area contributed by atoms with E-state index in [9.17, 15) is 37.1 Å². The van der Waals surface area contributed by atoms with Crippen molar-refractivity contribution in [3.63, 3.8) is 0 Å². The van der Waals surface area contributed by atoms with Crippen molar-refractivity contribution in [2.75, 3.05) is 0 Å². The van der Waals surface area contributed by atoms with Crippen LogP contribution in [0.3, 0.4) is 0 Å². The standard InChI is InChI=1S/C31H25F4NO4/c1-2-26(37)21-8-4-3-7-20(21)19-10-11-22-23(16-19)27(29(39)40)30(13-5-6-14-30)36(28(22)38)17-18-9-12-24(25(32)15-18)31(33,34)35/h2-4,7-12,15-16,27H,1,5-6,13-14,17H2,(H,39,40)/t27-/m1/s1. The molecule has 3 aromatic carbocycles. The van der Waals surface area contributed by atoms with Crippen molar-refractivity contribution in [2.45, 2.75) is 49.9 Å². The molecule has 40 heavy (non-hydrogen) atoms. The second-order valence-electron chi connectivity index (χ2n) is 10.2. The number of rotatable bonds is 6. The zero-order chi connectivity index (χ0) is 28.8. The number of amides is 1. The summed E-state index contributed by atoms with van der Waals surface area (Å²) in [5.41, 5.74) is -0.455. The number of hydrogen-bond donors (Lipinski definition) is 1. The van der Waals surface area contributed by atoms with Crippen LogP contribution in [0.1, 0.15) is 69.0 Å². The van der Waals surface area contributed by atoms with Crippen LogP contribution < -0.4 is 0 Å². The molecule has 1 aliphatic heterocycles. The van der Waals surface area contributed by atoms with Gasteiger partial charge in [0.25, 0.3) is 5.91 Å². The minimum absolute atomic E-state index is 0.131. The van der Waals surface area contributed by atoms with Crippen molar-refractivity contribution >= 4 is 17.7 Å². The zero-order valence-corrected chi connectivity index (χ0v) is 21.3. The van der Waals surface area contributed by atoms with Crippen LogP contribution in [0.2, 0.25) is 0 Å². The summed E-state index contributed by atoms with van der Waals surface area (Å²) in [4.78, 5) is 40.7.